The summed E-state index contributed by atoms with van der Waals surface area (Å²) in [6.07, 6.45) is 20.5. The first-order valence-electron chi connectivity index (χ1n) is 9.70. The molecular formula is C20H34O3. The smallest absolute Gasteiger partial charge is 0.342 e. The molecule has 1 aliphatic rings. The molecule has 0 radical (unpaired) electrons. The van der Waals surface area contributed by atoms with Gasteiger partial charge in [-0.2, -0.15) is 0 Å². The van der Waals surface area contributed by atoms with Crippen molar-refractivity contribution in [2.45, 2.75) is 103 Å². The third kappa shape index (κ3) is 10.3. The van der Waals surface area contributed by atoms with Crippen LogP contribution < -0.4 is 0 Å². The zero-order valence-corrected chi connectivity index (χ0v) is 14.9. The van der Waals surface area contributed by atoms with Gasteiger partial charge in [0.1, 0.15) is 0 Å². The molecule has 1 rings (SSSR count). The second-order valence-corrected chi connectivity index (χ2v) is 6.72. The quantitative estimate of drug-likeness (QED) is 0.215. The van der Waals surface area contributed by atoms with Crippen LogP contribution in [0.25, 0.3) is 0 Å². The number of ether oxygens (including phenoxy) is 1. The standard InChI is InChI=1S/C20H34O3/c1-2-3-4-5-6-7-8-9-10-11-12-13-14-15-16-18-17-19(21)23-20(18)22/h17H,2-16H2,1H3. The Morgan fingerprint density at radius 2 is 1.13 bits per heavy atom. The van der Waals surface area contributed by atoms with Gasteiger partial charge in [0.2, 0.25) is 0 Å². The van der Waals surface area contributed by atoms with Crippen LogP contribution in [0.5, 0.6) is 0 Å². The summed E-state index contributed by atoms with van der Waals surface area (Å²) in [6.45, 7) is 2.26. The molecule has 0 amide bonds. The first-order chi connectivity index (χ1) is 11.2. The summed E-state index contributed by atoms with van der Waals surface area (Å²) in [5.74, 6) is -0.944. The molecule has 3 nitrogen and oxygen atoms in total. The first-order valence-corrected chi connectivity index (χ1v) is 9.70. The maximum atomic E-state index is 11.2. The molecule has 132 valence electrons. The summed E-state index contributed by atoms with van der Waals surface area (Å²) in [5, 5.41) is 0. The van der Waals surface area contributed by atoms with Crippen LogP contribution in [0.3, 0.4) is 0 Å². The van der Waals surface area contributed by atoms with Gasteiger partial charge in [0, 0.05) is 11.6 Å². The van der Waals surface area contributed by atoms with E-state index in [1.54, 1.807) is 0 Å². The van der Waals surface area contributed by atoms with Crippen LogP contribution in [0.1, 0.15) is 103 Å². The van der Waals surface area contributed by atoms with Gasteiger partial charge in [0.05, 0.1) is 0 Å². The molecule has 0 fully saturated rings. The normalized spacial score (nSPS) is 14.2. The Kier molecular flexibility index (Phi) is 11.5. The molecule has 1 heterocycles. The molecule has 0 unspecified atom stereocenters. The van der Waals surface area contributed by atoms with E-state index in [1.165, 1.54) is 83.1 Å². The van der Waals surface area contributed by atoms with E-state index in [9.17, 15) is 9.59 Å². The van der Waals surface area contributed by atoms with Crippen molar-refractivity contribution in [3.8, 4) is 0 Å². The maximum absolute atomic E-state index is 11.2. The summed E-state index contributed by atoms with van der Waals surface area (Å²) in [6, 6.07) is 0. The lowest BCUT2D eigenvalue weighted by Crippen LogP contribution is -2.01. The highest BCUT2D eigenvalue weighted by Gasteiger charge is 2.22. The van der Waals surface area contributed by atoms with E-state index >= 15 is 0 Å². The summed E-state index contributed by atoms with van der Waals surface area (Å²) in [5.41, 5.74) is 0.550. The van der Waals surface area contributed by atoms with Crippen LogP contribution in [0, 0.1) is 0 Å². The number of hydrogen-bond donors (Lipinski definition) is 0. The first kappa shape index (κ1) is 19.9. The van der Waals surface area contributed by atoms with Crippen molar-refractivity contribution in [2.24, 2.45) is 0 Å². The van der Waals surface area contributed by atoms with Crippen molar-refractivity contribution in [3.63, 3.8) is 0 Å². The van der Waals surface area contributed by atoms with Crippen molar-refractivity contribution in [1.29, 1.82) is 0 Å². The van der Waals surface area contributed by atoms with Crippen LogP contribution in [0.2, 0.25) is 0 Å². The van der Waals surface area contributed by atoms with Crippen molar-refractivity contribution in [2.75, 3.05) is 0 Å². The summed E-state index contributed by atoms with van der Waals surface area (Å²) < 4.78 is 4.47. The molecule has 0 saturated carbocycles. The van der Waals surface area contributed by atoms with Crippen molar-refractivity contribution in [3.05, 3.63) is 11.6 Å². The lowest BCUT2D eigenvalue weighted by atomic mass is 10.0. The average Bonchev–Trinajstić information content (AvgIpc) is 2.85. The highest BCUT2D eigenvalue weighted by atomic mass is 16.6. The van der Waals surface area contributed by atoms with Gasteiger partial charge in [-0.05, 0) is 12.8 Å². The van der Waals surface area contributed by atoms with Gasteiger partial charge in [-0.1, -0.05) is 90.4 Å². The third-order valence-corrected chi connectivity index (χ3v) is 4.55. The Labute approximate surface area is 141 Å². The number of carbonyl (C=O) groups is 2. The molecule has 0 aromatic heterocycles. The summed E-state index contributed by atoms with van der Waals surface area (Å²) >= 11 is 0. The SMILES string of the molecule is CCCCCCCCCCCCCCCCC1=CC(=O)OC1=O. The van der Waals surface area contributed by atoms with Crippen LogP contribution >= 0.6 is 0 Å². The molecule has 0 atom stereocenters. The third-order valence-electron chi connectivity index (χ3n) is 4.55. The van der Waals surface area contributed by atoms with Gasteiger partial charge in [-0.15, -0.1) is 0 Å². The Balaban J connectivity index is 1.77. The Morgan fingerprint density at radius 3 is 1.52 bits per heavy atom. The van der Waals surface area contributed by atoms with E-state index in [2.05, 4.69) is 11.7 Å². The second kappa shape index (κ2) is 13.3. The van der Waals surface area contributed by atoms with Crippen molar-refractivity contribution in [1.82, 2.24) is 0 Å². The van der Waals surface area contributed by atoms with Gasteiger partial charge >= 0.3 is 11.9 Å². The Hall–Kier alpha value is -1.12. The lowest BCUT2D eigenvalue weighted by Gasteiger charge is -2.03. The second-order valence-electron chi connectivity index (χ2n) is 6.72. The Morgan fingerprint density at radius 1 is 0.696 bits per heavy atom. The molecule has 0 aliphatic carbocycles. The summed E-state index contributed by atoms with van der Waals surface area (Å²) in [4.78, 5) is 22.1. The highest BCUT2D eigenvalue weighted by molar-refractivity contribution is 6.08. The number of carbonyl (C=O) groups excluding carboxylic acids is 2. The molecular weight excluding hydrogens is 288 g/mol. The van der Waals surface area contributed by atoms with E-state index < -0.39 is 11.9 Å². The number of hydrogen-bond acceptors (Lipinski definition) is 3. The fourth-order valence-electron chi connectivity index (χ4n) is 3.07. The highest BCUT2D eigenvalue weighted by Crippen LogP contribution is 2.17. The van der Waals surface area contributed by atoms with Crippen LogP contribution in [-0.2, 0) is 14.3 Å². The summed E-state index contributed by atoms with van der Waals surface area (Å²) in [7, 11) is 0. The molecule has 0 spiro atoms. The van der Waals surface area contributed by atoms with E-state index in [4.69, 9.17) is 0 Å². The zero-order chi connectivity index (χ0) is 16.8. The molecule has 0 aromatic carbocycles. The lowest BCUT2D eigenvalue weighted by molar-refractivity contribution is -0.150. The molecule has 23 heavy (non-hydrogen) atoms. The minimum atomic E-state index is -0.504. The van der Waals surface area contributed by atoms with Crippen LogP contribution in [-0.4, -0.2) is 11.9 Å². The predicted molar refractivity (Wildman–Crippen MR) is 94.1 cm³/mol. The van der Waals surface area contributed by atoms with E-state index in [1.807, 2.05) is 0 Å². The molecule has 0 bridgehead atoms. The number of cyclic esters (lactones) is 2. The van der Waals surface area contributed by atoms with E-state index in [0.717, 1.165) is 12.8 Å². The van der Waals surface area contributed by atoms with Gasteiger partial charge in [-0.3, -0.25) is 0 Å². The van der Waals surface area contributed by atoms with E-state index in [-0.39, 0.29) is 0 Å². The van der Waals surface area contributed by atoms with Crippen LogP contribution in [0.15, 0.2) is 11.6 Å². The van der Waals surface area contributed by atoms with Crippen molar-refractivity contribution >= 4 is 11.9 Å². The molecule has 0 saturated heterocycles. The Bertz CT molecular complexity index is 371. The number of unbranched alkanes of at least 4 members (excludes halogenated alkanes) is 13. The predicted octanol–water partition coefficient (Wildman–Crippen LogP) is 5.87. The van der Waals surface area contributed by atoms with Gasteiger partial charge in [0.25, 0.3) is 0 Å². The number of esters is 2. The van der Waals surface area contributed by atoms with Gasteiger partial charge < -0.3 is 4.74 Å². The minimum absolute atomic E-state index is 0.440. The molecule has 0 aromatic rings. The minimum Gasteiger partial charge on any atom is -0.386 e. The van der Waals surface area contributed by atoms with Gasteiger partial charge in [0.15, 0.2) is 0 Å². The van der Waals surface area contributed by atoms with Gasteiger partial charge in [-0.25, -0.2) is 9.59 Å². The largest absolute Gasteiger partial charge is 0.386 e. The molecule has 3 heteroatoms. The topological polar surface area (TPSA) is 43.4 Å². The monoisotopic (exact) mass is 322 g/mol. The zero-order valence-electron chi connectivity index (χ0n) is 14.9. The van der Waals surface area contributed by atoms with Crippen LogP contribution in [0.4, 0.5) is 0 Å². The average molecular weight is 322 g/mol. The van der Waals surface area contributed by atoms with E-state index in [0.29, 0.717) is 12.0 Å². The molecule has 0 N–H and O–H groups in total. The fraction of sp³-hybridized carbons (Fsp3) is 0.800. The maximum Gasteiger partial charge on any atom is 0.342 e. The number of rotatable bonds is 15. The fourth-order valence-corrected chi connectivity index (χ4v) is 3.07. The van der Waals surface area contributed by atoms with Crippen molar-refractivity contribution < 1.29 is 14.3 Å². The molecule has 1 aliphatic heterocycles.